The number of alkyl halides is 1. The van der Waals surface area contributed by atoms with Crippen molar-refractivity contribution in [1.29, 1.82) is 5.26 Å². The zero-order valence-electron chi connectivity index (χ0n) is 16.5. The number of halogens is 1. The third-order valence-electron chi connectivity index (χ3n) is 4.77. The van der Waals surface area contributed by atoms with E-state index in [1.807, 2.05) is 12.1 Å². The Labute approximate surface area is 177 Å². The molecule has 8 nitrogen and oxygen atoms in total. The van der Waals surface area contributed by atoms with Crippen molar-refractivity contribution >= 4 is 44.9 Å². The van der Waals surface area contributed by atoms with Crippen LogP contribution in [0, 0.1) is 11.3 Å². The molecule has 0 aliphatic rings. The fourth-order valence-electron chi connectivity index (χ4n) is 3.39. The highest BCUT2D eigenvalue weighted by molar-refractivity contribution is 6.17. The van der Waals surface area contributed by atoms with Crippen molar-refractivity contribution in [3.05, 3.63) is 41.9 Å². The van der Waals surface area contributed by atoms with Crippen molar-refractivity contribution in [2.45, 2.75) is 5.88 Å². The van der Waals surface area contributed by atoms with Crippen LogP contribution in [0.3, 0.4) is 0 Å². The summed E-state index contributed by atoms with van der Waals surface area (Å²) in [6, 6.07) is 9.53. The van der Waals surface area contributed by atoms with Crippen LogP contribution >= 0.6 is 11.6 Å². The van der Waals surface area contributed by atoms with E-state index in [9.17, 15) is 5.26 Å². The second kappa shape index (κ2) is 7.97. The highest BCUT2D eigenvalue weighted by Crippen LogP contribution is 2.42. The van der Waals surface area contributed by atoms with Crippen molar-refractivity contribution < 1.29 is 14.2 Å². The summed E-state index contributed by atoms with van der Waals surface area (Å²) < 4.78 is 16.3. The van der Waals surface area contributed by atoms with Gasteiger partial charge in [-0.05, 0) is 12.1 Å². The minimum atomic E-state index is 0.0986. The fourth-order valence-corrected chi connectivity index (χ4v) is 3.58. The maximum atomic E-state index is 9.85. The van der Waals surface area contributed by atoms with Gasteiger partial charge in [-0.3, -0.25) is 0 Å². The third-order valence-corrected chi connectivity index (χ3v) is 5.03. The summed E-state index contributed by atoms with van der Waals surface area (Å²) in [5.41, 5.74) is 4.38. The smallest absolute Gasteiger partial charge is 0.203 e. The number of nitrogens with one attached hydrogen (secondary N) is 2. The number of aromatic amines is 1. The first-order valence-corrected chi connectivity index (χ1v) is 9.49. The third kappa shape index (κ3) is 3.19. The average molecular weight is 424 g/mol. The first kappa shape index (κ1) is 19.6. The number of rotatable bonds is 6. The molecular formula is C21H18ClN5O3. The molecule has 9 heteroatoms. The molecule has 30 heavy (non-hydrogen) atoms. The van der Waals surface area contributed by atoms with Crippen LogP contribution in [-0.2, 0) is 5.88 Å². The minimum Gasteiger partial charge on any atom is -0.493 e. The molecule has 152 valence electrons. The molecule has 0 radical (unpaired) electrons. The Morgan fingerprint density at radius 3 is 2.40 bits per heavy atom. The summed E-state index contributed by atoms with van der Waals surface area (Å²) in [6.07, 6.45) is 1.61. The van der Waals surface area contributed by atoms with Gasteiger partial charge in [-0.2, -0.15) is 5.26 Å². The van der Waals surface area contributed by atoms with Gasteiger partial charge in [0.15, 0.2) is 11.5 Å². The summed E-state index contributed by atoms with van der Waals surface area (Å²) in [6.45, 7) is 0. The van der Waals surface area contributed by atoms with Gasteiger partial charge in [0.1, 0.15) is 6.07 Å². The lowest BCUT2D eigenvalue weighted by molar-refractivity contribution is 0.324. The number of nitriles is 1. The van der Waals surface area contributed by atoms with E-state index in [0.29, 0.717) is 45.4 Å². The van der Waals surface area contributed by atoms with E-state index in [4.69, 9.17) is 25.8 Å². The van der Waals surface area contributed by atoms with Gasteiger partial charge < -0.3 is 24.5 Å². The van der Waals surface area contributed by atoms with Gasteiger partial charge in [-0.15, -0.1) is 11.6 Å². The van der Waals surface area contributed by atoms with E-state index >= 15 is 0 Å². The number of imidazole rings is 1. The number of H-pyrrole nitrogens is 1. The minimum absolute atomic E-state index is 0.0986. The number of methoxy groups -OCH3 is 3. The van der Waals surface area contributed by atoms with Crippen LogP contribution in [0.2, 0.25) is 0 Å². The first-order chi connectivity index (χ1) is 14.6. The standard InChI is InChI=1S/C21H18ClN5O3/c1-28-18-4-11(5-19(29-2)21(18)30-3)26-20-12-6-15-16(25-10-24-15)7-14(12)27-17(8-22)13(20)9-23/h4-7,10H,8H2,1-3H3,(H,24,25)(H,26,27). The molecule has 0 aliphatic heterocycles. The summed E-state index contributed by atoms with van der Waals surface area (Å²) >= 11 is 6.10. The summed E-state index contributed by atoms with van der Waals surface area (Å²) in [5, 5.41) is 13.9. The fraction of sp³-hybridized carbons (Fsp3) is 0.190. The molecule has 0 amide bonds. The molecular weight excluding hydrogens is 406 g/mol. The van der Waals surface area contributed by atoms with Crippen LogP contribution in [0.25, 0.3) is 21.9 Å². The highest BCUT2D eigenvalue weighted by Gasteiger charge is 2.19. The first-order valence-electron chi connectivity index (χ1n) is 8.96. The number of ether oxygens (including phenoxy) is 3. The predicted octanol–water partition coefficient (Wildman–Crippen LogP) is 4.49. The molecule has 0 bridgehead atoms. The molecule has 0 saturated heterocycles. The van der Waals surface area contributed by atoms with Crippen LogP contribution in [0.5, 0.6) is 17.2 Å². The van der Waals surface area contributed by atoms with Gasteiger partial charge in [0.25, 0.3) is 0 Å². The van der Waals surface area contributed by atoms with Gasteiger partial charge in [0.05, 0.1) is 67.0 Å². The summed E-state index contributed by atoms with van der Waals surface area (Å²) in [5.74, 6) is 1.56. The van der Waals surface area contributed by atoms with Crippen molar-refractivity contribution in [3.8, 4) is 23.3 Å². The Morgan fingerprint density at radius 2 is 1.80 bits per heavy atom. The number of pyridine rings is 1. The SMILES string of the molecule is COc1cc(Nc2c(C#N)c(CCl)nc3cc4nc[nH]c4cc23)cc(OC)c1OC. The van der Waals surface area contributed by atoms with Crippen LogP contribution in [-0.4, -0.2) is 36.3 Å². The van der Waals surface area contributed by atoms with Gasteiger partial charge >= 0.3 is 0 Å². The van der Waals surface area contributed by atoms with Crippen molar-refractivity contribution in [2.75, 3.05) is 26.6 Å². The highest BCUT2D eigenvalue weighted by atomic mass is 35.5. The lowest BCUT2D eigenvalue weighted by Crippen LogP contribution is -2.03. The molecule has 2 aromatic heterocycles. The van der Waals surface area contributed by atoms with Crippen LogP contribution in [0.4, 0.5) is 11.4 Å². The molecule has 4 rings (SSSR count). The van der Waals surface area contributed by atoms with Gasteiger partial charge in [0, 0.05) is 23.2 Å². The molecule has 0 spiro atoms. The maximum absolute atomic E-state index is 9.85. The summed E-state index contributed by atoms with van der Waals surface area (Å²) in [7, 11) is 4.63. The second-order valence-corrected chi connectivity index (χ2v) is 6.65. The summed E-state index contributed by atoms with van der Waals surface area (Å²) in [4.78, 5) is 11.9. The lowest BCUT2D eigenvalue weighted by Gasteiger charge is -2.17. The number of fused-ring (bicyclic) bond motifs is 2. The zero-order chi connectivity index (χ0) is 21.3. The van der Waals surface area contributed by atoms with E-state index in [-0.39, 0.29) is 5.88 Å². The van der Waals surface area contributed by atoms with Gasteiger partial charge in [-0.25, -0.2) is 9.97 Å². The van der Waals surface area contributed by atoms with Gasteiger partial charge in [0.2, 0.25) is 5.75 Å². The van der Waals surface area contributed by atoms with E-state index in [1.54, 1.807) is 39.8 Å². The van der Waals surface area contributed by atoms with Gasteiger partial charge in [-0.1, -0.05) is 0 Å². The number of anilines is 2. The normalized spacial score (nSPS) is 10.8. The maximum Gasteiger partial charge on any atom is 0.203 e. The number of benzene rings is 2. The zero-order valence-corrected chi connectivity index (χ0v) is 17.3. The molecule has 0 fully saturated rings. The molecule has 0 saturated carbocycles. The van der Waals surface area contributed by atoms with E-state index in [2.05, 4.69) is 26.3 Å². The van der Waals surface area contributed by atoms with E-state index < -0.39 is 0 Å². The topological polar surface area (TPSA) is 105 Å². The molecule has 4 aromatic rings. The quantitative estimate of drug-likeness (QED) is 0.440. The Balaban J connectivity index is 1.96. The molecule has 0 atom stereocenters. The largest absolute Gasteiger partial charge is 0.493 e. The van der Waals surface area contributed by atoms with Crippen LogP contribution in [0.15, 0.2) is 30.6 Å². The average Bonchev–Trinajstić information content (AvgIpc) is 3.23. The molecule has 2 N–H and O–H groups in total. The monoisotopic (exact) mass is 423 g/mol. The van der Waals surface area contributed by atoms with Crippen LogP contribution in [0.1, 0.15) is 11.3 Å². The molecule has 0 aliphatic carbocycles. The number of nitrogens with zero attached hydrogens (tertiary/aromatic N) is 3. The molecule has 0 unspecified atom stereocenters. The molecule has 2 aromatic carbocycles. The predicted molar refractivity (Wildman–Crippen MR) is 115 cm³/mol. The van der Waals surface area contributed by atoms with E-state index in [0.717, 1.165) is 16.4 Å². The van der Waals surface area contributed by atoms with Crippen molar-refractivity contribution in [1.82, 2.24) is 15.0 Å². The number of aromatic nitrogens is 3. The number of hydrogen-bond donors (Lipinski definition) is 2. The van der Waals surface area contributed by atoms with E-state index in [1.165, 1.54) is 0 Å². The Bertz CT molecular complexity index is 1270. The molecule has 2 heterocycles. The van der Waals surface area contributed by atoms with Crippen molar-refractivity contribution in [2.24, 2.45) is 0 Å². The van der Waals surface area contributed by atoms with Crippen molar-refractivity contribution in [3.63, 3.8) is 0 Å². The Morgan fingerprint density at radius 1 is 1.07 bits per heavy atom. The Kier molecular flexibility index (Phi) is 5.21. The van der Waals surface area contributed by atoms with Crippen LogP contribution < -0.4 is 19.5 Å². The Hall–Kier alpha value is -3.70. The number of hydrogen-bond acceptors (Lipinski definition) is 7. The second-order valence-electron chi connectivity index (χ2n) is 6.38. The lowest BCUT2D eigenvalue weighted by atomic mass is 10.1.